The Morgan fingerprint density at radius 1 is 1.60 bits per heavy atom. The normalized spacial score (nSPS) is 17.5. The van der Waals surface area contributed by atoms with Crippen molar-refractivity contribution in [3.8, 4) is 5.88 Å². The first-order chi connectivity index (χ1) is 7.33. The van der Waals surface area contributed by atoms with Crippen LogP contribution in [0, 0.1) is 0 Å². The van der Waals surface area contributed by atoms with Gasteiger partial charge in [0.05, 0.1) is 19.8 Å². The number of rotatable bonds is 5. The van der Waals surface area contributed by atoms with Gasteiger partial charge in [0.25, 0.3) is 0 Å². The van der Waals surface area contributed by atoms with Crippen molar-refractivity contribution in [1.82, 2.24) is 10.3 Å². The van der Waals surface area contributed by atoms with Crippen molar-refractivity contribution in [3.05, 3.63) is 23.9 Å². The van der Waals surface area contributed by atoms with Crippen LogP contribution >= 0.6 is 0 Å². The molecule has 0 aliphatic heterocycles. The third-order valence-corrected chi connectivity index (χ3v) is 2.57. The molecule has 0 bridgehead atoms. The molecule has 0 aromatic carbocycles. The zero-order valence-corrected chi connectivity index (χ0v) is 8.81. The maximum Gasteiger partial charge on any atom is 0.212 e. The van der Waals surface area contributed by atoms with Crippen LogP contribution in [-0.2, 0) is 0 Å². The Morgan fingerprint density at radius 2 is 2.40 bits per heavy atom. The first-order valence-electron chi connectivity index (χ1n) is 5.20. The number of nitrogens with one attached hydrogen (secondary N) is 1. The molecule has 4 nitrogen and oxygen atoms in total. The Kier molecular flexibility index (Phi) is 3.18. The van der Waals surface area contributed by atoms with E-state index in [1.54, 1.807) is 13.3 Å². The molecule has 15 heavy (non-hydrogen) atoms. The summed E-state index contributed by atoms with van der Waals surface area (Å²) in [5, 5.41) is 12.6. The molecule has 0 saturated heterocycles. The van der Waals surface area contributed by atoms with Gasteiger partial charge in [0.1, 0.15) is 0 Å². The summed E-state index contributed by atoms with van der Waals surface area (Å²) in [5.41, 5.74) is 1.00. The molecule has 1 aliphatic rings. The third kappa shape index (κ3) is 2.67. The summed E-state index contributed by atoms with van der Waals surface area (Å²) in [5.74, 6) is 0.599. The molecule has 2 N–H and O–H groups in total. The van der Waals surface area contributed by atoms with E-state index < -0.39 is 0 Å². The van der Waals surface area contributed by atoms with Crippen molar-refractivity contribution in [3.63, 3.8) is 0 Å². The summed E-state index contributed by atoms with van der Waals surface area (Å²) in [7, 11) is 1.59. The van der Waals surface area contributed by atoms with E-state index in [1.807, 2.05) is 12.1 Å². The third-order valence-electron chi connectivity index (χ3n) is 2.57. The zero-order chi connectivity index (χ0) is 10.7. The van der Waals surface area contributed by atoms with Gasteiger partial charge in [0, 0.05) is 18.3 Å². The van der Waals surface area contributed by atoms with Crippen LogP contribution in [0.15, 0.2) is 18.3 Å². The number of aromatic nitrogens is 1. The predicted molar refractivity (Wildman–Crippen MR) is 56.8 cm³/mol. The summed E-state index contributed by atoms with van der Waals surface area (Å²) >= 11 is 0. The van der Waals surface area contributed by atoms with E-state index in [-0.39, 0.29) is 12.6 Å². The van der Waals surface area contributed by atoms with E-state index in [0.29, 0.717) is 11.9 Å². The number of aliphatic hydroxyl groups is 1. The highest BCUT2D eigenvalue weighted by Crippen LogP contribution is 2.24. The second kappa shape index (κ2) is 4.59. The standard InChI is InChI=1S/C11H16N2O2/c1-15-11-5-2-8(6-12-11)10(7-14)13-9-3-4-9/h2,5-6,9-10,13-14H,3-4,7H2,1H3. The van der Waals surface area contributed by atoms with Crippen molar-refractivity contribution in [2.24, 2.45) is 0 Å². The summed E-state index contributed by atoms with van der Waals surface area (Å²) in [6, 6.07) is 4.31. The number of methoxy groups -OCH3 is 1. The summed E-state index contributed by atoms with van der Waals surface area (Å²) in [6.07, 6.45) is 4.16. The van der Waals surface area contributed by atoms with Crippen LogP contribution < -0.4 is 10.1 Å². The molecule has 4 heteroatoms. The van der Waals surface area contributed by atoms with Gasteiger partial charge in [-0.1, -0.05) is 6.07 Å². The Bertz CT molecular complexity index is 309. The molecule has 2 rings (SSSR count). The van der Waals surface area contributed by atoms with Crippen LogP contribution in [-0.4, -0.2) is 29.8 Å². The van der Waals surface area contributed by atoms with E-state index in [9.17, 15) is 5.11 Å². The fourth-order valence-corrected chi connectivity index (χ4v) is 1.51. The summed E-state index contributed by atoms with van der Waals surface area (Å²) in [4.78, 5) is 4.12. The van der Waals surface area contributed by atoms with Crippen molar-refractivity contribution in [2.45, 2.75) is 24.9 Å². The van der Waals surface area contributed by atoms with Gasteiger partial charge in [0.15, 0.2) is 0 Å². The Balaban J connectivity index is 2.03. The lowest BCUT2D eigenvalue weighted by Crippen LogP contribution is -2.26. The molecular weight excluding hydrogens is 192 g/mol. The Hall–Kier alpha value is -1.13. The molecule has 1 saturated carbocycles. The smallest absolute Gasteiger partial charge is 0.212 e. The topological polar surface area (TPSA) is 54.4 Å². The largest absolute Gasteiger partial charge is 0.481 e. The average molecular weight is 208 g/mol. The van der Waals surface area contributed by atoms with E-state index in [0.717, 1.165) is 5.56 Å². The minimum atomic E-state index is -0.00379. The Labute approximate surface area is 89.3 Å². The fraction of sp³-hybridized carbons (Fsp3) is 0.545. The van der Waals surface area contributed by atoms with Crippen LogP contribution in [0.5, 0.6) is 5.88 Å². The molecule has 82 valence electrons. The fourth-order valence-electron chi connectivity index (χ4n) is 1.51. The maximum absolute atomic E-state index is 9.26. The molecule has 1 atom stereocenters. The minimum Gasteiger partial charge on any atom is -0.481 e. The highest BCUT2D eigenvalue weighted by atomic mass is 16.5. The quantitative estimate of drug-likeness (QED) is 0.754. The second-order valence-corrected chi connectivity index (χ2v) is 3.81. The molecule has 1 aromatic heterocycles. The van der Waals surface area contributed by atoms with E-state index >= 15 is 0 Å². The van der Waals surface area contributed by atoms with E-state index in [1.165, 1.54) is 12.8 Å². The molecule has 1 aliphatic carbocycles. The maximum atomic E-state index is 9.26. The van der Waals surface area contributed by atoms with Gasteiger partial charge in [-0.3, -0.25) is 0 Å². The van der Waals surface area contributed by atoms with Crippen molar-refractivity contribution < 1.29 is 9.84 Å². The van der Waals surface area contributed by atoms with E-state index in [2.05, 4.69) is 10.3 Å². The molecule has 1 unspecified atom stereocenters. The zero-order valence-electron chi connectivity index (χ0n) is 8.81. The lowest BCUT2D eigenvalue weighted by Gasteiger charge is -2.15. The molecule has 1 heterocycles. The average Bonchev–Trinajstić information content (AvgIpc) is 3.10. The van der Waals surface area contributed by atoms with Gasteiger partial charge < -0.3 is 15.2 Å². The summed E-state index contributed by atoms with van der Waals surface area (Å²) < 4.78 is 4.98. The number of hydrogen-bond acceptors (Lipinski definition) is 4. The molecule has 1 fully saturated rings. The Morgan fingerprint density at radius 3 is 2.87 bits per heavy atom. The van der Waals surface area contributed by atoms with Crippen LogP contribution in [0.1, 0.15) is 24.4 Å². The number of ether oxygens (including phenoxy) is 1. The molecular formula is C11H16N2O2. The van der Waals surface area contributed by atoms with Crippen molar-refractivity contribution in [1.29, 1.82) is 0 Å². The van der Waals surface area contributed by atoms with Crippen LogP contribution in [0.4, 0.5) is 0 Å². The molecule has 0 radical (unpaired) electrons. The van der Waals surface area contributed by atoms with Crippen molar-refractivity contribution in [2.75, 3.05) is 13.7 Å². The molecule has 1 aromatic rings. The van der Waals surface area contributed by atoms with Gasteiger partial charge in [-0.2, -0.15) is 0 Å². The highest BCUT2D eigenvalue weighted by molar-refractivity contribution is 5.21. The second-order valence-electron chi connectivity index (χ2n) is 3.81. The number of aliphatic hydroxyl groups excluding tert-OH is 1. The number of pyridine rings is 1. The lowest BCUT2D eigenvalue weighted by molar-refractivity contribution is 0.243. The predicted octanol–water partition coefficient (Wildman–Crippen LogP) is 0.876. The minimum absolute atomic E-state index is 0.00379. The SMILES string of the molecule is COc1ccc(C(CO)NC2CC2)cn1. The van der Waals surface area contributed by atoms with Crippen molar-refractivity contribution >= 4 is 0 Å². The highest BCUT2D eigenvalue weighted by Gasteiger charge is 2.25. The molecule has 0 amide bonds. The van der Waals surface area contributed by atoms with Crippen LogP contribution in [0.3, 0.4) is 0 Å². The first-order valence-corrected chi connectivity index (χ1v) is 5.20. The first kappa shape index (κ1) is 10.4. The van der Waals surface area contributed by atoms with Crippen LogP contribution in [0.25, 0.3) is 0 Å². The lowest BCUT2D eigenvalue weighted by atomic mass is 10.1. The van der Waals surface area contributed by atoms with Crippen LogP contribution in [0.2, 0.25) is 0 Å². The van der Waals surface area contributed by atoms with Gasteiger partial charge in [-0.15, -0.1) is 0 Å². The van der Waals surface area contributed by atoms with E-state index in [4.69, 9.17) is 4.74 Å². The molecule has 0 spiro atoms. The number of hydrogen-bond donors (Lipinski definition) is 2. The van der Waals surface area contributed by atoms with Gasteiger partial charge >= 0.3 is 0 Å². The monoisotopic (exact) mass is 208 g/mol. The number of nitrogens with zero attached hydrogens (tertiary/aromatic N) is 1. The van der Waals surface area contributed by atoms with Gasteiger partial charge in [-0.25, -0.2) is 4.98 Å². The summed E-state index contributed by atoms with van der Waals surface area (Å²) in [6.45, 7) is 0.102. The van der Waals surface area contributed by atoms with Gasteiger partial charge in [0.2, 0.25) is 5.88 Å². The van der Waals surface area contributed by atoms with Gasteiger partial charge in [-0.05, 0) is 18.4 Å².